The molecule has 0 radical (unpaired) electrons. The topological polar surface area (TPSA) is 59.0 Å². The van der Waals surface area contributed by atoms with Gasteiger partial charge in [-0.3, -0.25) is 4.79 Å². The molecule has 1 heterocycles. The number of nitrogens with one attached hydrogen (secondary N) is 2. The van der Waals surface area contributed by atoms with Crippen molar-refractivity contribution < 1.29 is 4.79 Å². The third-order valence-electron chi connectivity index (χ3n) is 2.76. The monoisotopic (exact) mass is 292 g/mol. The first-order valence-corrected chi connectivity index (χ1v) is 6.76. The molecule has 0 saturated carbocycles. The minimum absolute atomic E-state index is 0.0928. The van der Waals surface area contributed by atoms with E-state index in [1.54, 1.807) is 36.8 Å². The van der Waals surface area contributed by atoms with Crippen LogP contribution in [0.1, 0.15) is 6.92 Å². The Morgan fingerprint density at radius 1 is 1.50 bits per heavy atom. The highest BCUT2D eigenvalue weighted by Crippen LogP contribution is 2.14. The third-order valence-corrected chi connectivity index (χ3v) is 3.00. The van der Waals surface area contributed by atoms with E-state index < -0.39 is 0 Å². The summed E-state index contributed by atoms with van der Waals surface area (Å²) in [6.07, 6.45) is 5.38. The number of rotatable bonds is 6. The number of imidazole rings is 1. The van der Waals surface area contributed by atoms with Crippen molar-refractivity contribution in [1.82, 2.24) is 14.9 Å². The maximum Gasteiger partial charge on any atom is 0.238 e. The van der Waals surface area contributed by atoms with Crippen LogP contribution < -0.4 is 10.6 Å². The first-order valence-electron chi connectivity index (χ1n) is 6.38. The number of amides is 1. The lowest BCUT2D eigenvalue weighted by Crippen LogP contribution is -2.36. The van der Waals surface area contributed by atoms with Crippen molar-refractivity contribution in [3.05, 3.63) is 48.0 Å². The first kappa shape index (κ1) is 14.6. The zero-order valence-electron chi connectivity index (χ0n) is 11.2. The smallest absolute Gasteiger partial charge is 0.238 e. The zero-order chi connectivity index (χ0) is 14.4. The molecule has 20 heavy (non-hydrogen) atoms. The fourth-order valence-electron chi connectivity index (χ4n) is 1.81. The number of halogens is 1. The van der Waals surface area contributed by atoms with Gasteiger partial charge in [-0.05, 0) is 25.1 Å². The molecule has 0 bridgehead atoms. The molecule has 5 nitrogen and oxygen atoms in total. The lowest BCUT2D eigenvalue weighted by atomic mass is 10.3. The SMILES string of the molecule is CC(Cn1ccnc1)NCC(=O)Nc1cccc(Cl)c1. The molecule has 2 rings (SSSR count). The molecule has 0 aliphatic heterocycles. The van der Waals surface area contributed by atoms with E-state index in [-0.39, 0.29) is 18.5 Å². The average molecular weight is 293 g/mol. The summed E-state index contributed by atoms with van der Waals surface area (Å²) in [5.74, 6) is -0.0928. The number of carbonyl (C=O) groups excluding carboxylic acids is 1. The quantitative estimate of drug-likeness (QED) is 0.858. The minimum Gasteiger partial charge on any atom is -0.336 e. The van der Waals surface area contributed by atoms with Crippen molar-refractivity contribution in [2.45, 2.75) is 19.5 Å². The van der Waals surface area contributed by atoms with Crippen molar-refractivity contribution in [3.8, 4) is 0 Å². The summed E-state index contributed by atoms with van der Waals surface area (Å²) in [4.78, 5) is 15.8. The second kappa shape index (κ2) is 7.07. The van der Waals surface area contributed by atoms with E-state index >= 15 is 0 Å². The summed E-state index contributed by atoms with van der Waals surface area (Å²) < 4.78 is 1.96. The molecule has 1 atom stereocenters. The van der Waals surface area contributed by atoms with Crippen molar-refractivity contribution >= 4 is 23.2 Å². The number of hydrogen-bond donors (Lipinski definition) is 2. The molecule has 6 heteroatoms. The Balaban J connectivity index is 1.74. The van der Waals surface area contributed by atoms with E-state index in [9.17, 15) is 4.79 Å². The summed E-state index contributed by atoms with van der Waals surface area (Å²) in [6.45, 7) is 3.04. The van der Waals surface area contributed by atoms with Gasteiger partial charge in [0.2, 0.25) is 5.91 Å². The number of nitrogens with zero attached hydrogens (tertiary/aromatic N) is 2. The van der Waals surface area contributed by atoms with Gasteiger partial charge < -0.3 is 15.2 Å². The van der Waals surface area contributed by atoms with Crippen molar-refractivity contribution in [2.75, 3.05) is 11.9 Å². The molecule has 1 amide bonds. The van der Waals surface area contributed by atoms with Crippen LogP contribution in [0.25, 0.3) is 0 Å². The minimum atomic E-state index is -0.0928. The van der Waals surface area contributed by atoms with Gasteiger partial charge in [0, 0.05) is 35.7 Å². The van der Waals surface area contributed by atoms with Crippen molar-refractivity contribution in [3.63, 3.8) is 0 Å². The molecule has 106 valence electrons. The molecule has 1 unspecified atom stereocenters. The summed E-state index contributed by atoms with van der Waals surface area (Å²) in [5, 5.41) is 6.55. The summed E-state index contributed by atoms with van der Waals surface area (Å²) >= 11 is 5.86. The Bertz CT molecular complexity index is 556. The van der Waals surface area contributed by atoms with Crippen LogP contribution >= 0.6 is 11.6 Å². The molecule has 1 aromatic carbocycles. The Kier molecular flexibility index (Phi) is 5.15. The maximum absolute atomic E-state index is 11.8. The van der Waals surface area contributed by atoms with E-state index in [0.29, 0.717) is 10.7 Å². The van der Waals surface area contributed by atoms with Gasteiger partial charge in [-0.1, -0.05) is 17.7 Å². The molecule has 2 aromatic rings. The molecule has 2 N–H and O–H groups in total. The third kappa shape index (κ3) is 4.68. The molecule has 0 fully saturated rings. The Labute approximate surface area is 123 Å². The van der Waals surface area contributed by atoms with E-state index in [2.05, 4.69) is 15.6 Å². The fraction of sp³-hybridized carbons (Fsp3) is 0.286. The van der Waals surface area contributed by atoms with Gasteiger partial charge >= 0.3 is 0 Å². The van der Waals surface area contributed by atoms with Gasteiger partial charge in [-0.2, -0.15) is 0 Å². The van der Waals surface area contributed by atoms with Crippen LogP contribution in [0, 0.1) is 0 Å². The number of anilines is 1. The van der Waals surface area contributed by atoms with Crippen LogP contribution in [0.2, 0.25) is 5.02 Å². The summed E-state index contributed by atoms with van der Waals surface area (Å²) in [6, 6.07) is 7.26. The standard InChI is InChI=1S/C14H17ClN4O/c1-11(9-19-6-5-16-10-19)17-8-14(20)18-13-4-2-3-12(15)7-13/h2-7,10-11,17H,8-9H2,1H3,(H,18,20). The molecule has 0 saturated heterocycles. The van der Waals surface area contributed by atoms with E-state index in [1.165, 1.54) is 0 Å². The summed E-state index contributed by atoms with van der Waals surface area (Å²) in [5.41, 5.74) is 0.701. The predicted molar refractivity (Wildman–Crippen MR) is 79.8 cm³/mol. The van der Waals surface area contributed by atoms with Gasteiger partial charge in [0.15, 0.2) is 0 Å². The van der Waals surface area contributed by atoms with Crippen molar-refractivity contribution in [2.24, 2.45) is 0 Å². The Morgan fingerprint density at radius 2 is 2.35 bits per heavy atom. The lowest BCUT2D eigenvalue weighted by molar-refractivity contribution is -0.115. The average Bonchev–Trinajstić information content (AvgIpc) is 2.89. The maximum atomic E-state index is 11.8. The largest absolute Gasteiger partial charge is 0.336 e. The molecular weight excluding hydrogens is 276 g/mol. The van der Waals surface area contributed by atoms with Crippen LogP contribution in [0.5, 0.6) is 0 Å². The molecule has 0 aliphatic carbocycles. The van der Waals surface area contributed by atoms with Gasteiger partial charge in [0.1, 0.15) is 0 Å². The Morgan fingerprint density at radius 3 is 3.05 bits per heavy atom. The number of aromatic nitrogens is 2. The Hall–Kier alpha value is -1.85. The van der Waals surface area contributed by atoms with Crippen LogP contribution in [0.4, 0.5) is 5.69 Å². The van der Waals surface area contributed by atoms with E-state index in [1.807, 2.05) is 17.7 Å². The number of hydrogen-bond acceptors (Lipinski definition) is 3. The fourth-order valence-corrected chi connectivity index (χ4v) is 2.00. The molecule has 0 spiro atoms. The van der Waals surface area contributed by atoms with E-state index in [0.717, 1.165) is 6.54 Å². The summed E-state index contributed by atoms with van der Waals surface area (Å²) in [7, 11) is 0. The van der Waals surface area contributed by atoms with Crippen molar-refractivity contribution in [1.29, 1.82) is 0 Å². The van der Waals surface area contributed by atoms with Crippen LogP contribution in [-0.4, -0.2) is 28.0 Å². The number of benzene rings is 1. The lowest BCUT2D eigenvalue weighted by Gasteiger charge is -2.14. The highest BCUT2D eigenvalue weighted by Gasteiger charge is 2.06. The van der Waals surface area contributed by atoms with Crippen LogP contribution in [0.3, 0.4) is 0 Å². The predicted octanol–water partition coefficient (Wildman–Crippen LogP) is 2.15. The van der Waals surface area contributed by atoms with Gasteiger partial charge in [0.05, 0.1) is 12.9 Å². The zero-order valence-corrected chi connectivity index (χ0v) is 12.0. The molecule has 0 aliphatic rings. The van der Waals surface area contributed by atoms with E-state index in [4.69, 9.17) is 11.6 Å². The molecule has 1 aromatic heterocycles. The highest BCUT2D eigenvalue weighted by molar-refractivity contribution is 6.30. The number of carbonyl (C=O) groups is 1. The van der Waals surface area contributed by atoms with Gasteiger partial charge in [0.25, 0.3) is 0 Å². The van der Waals surface area contributed by atoms with Crippen LogP contribution in [-0.2, 0) is 11.3 Å². The second-order valence-electron chi connectivity index (χ2n) is 4.60. The molecular formula is C14H17ClN4O. The highest BCUT2D eigenvalue weighted by atomic mass is 35.5. The van der Waals surface area contributed by atoms with Gasteiger partial charge in [-0.15, -0.1) is 0 Å². The second-order valence-corrected chi connectivity index (χ2v) is 5.04. The normalized spacial score (nSPS) is 12.1. The van der Waals surface area contributed by atoms with Crippen LogP contribution in [0.15, 0.2) is 43.0 Å². The van der Waals surface area contributed by atoms with Gasteiger partial charge in [-0.25, -0.2) is 4.98 Å². The first-order chi connectivity index (χ1) is 9.63.